The van der Waals surface area contributed by atoms with Crippen molar-refractivity contribution in [3.05, 3.63) is 23.8 Å². The number of thiazole rings is 1. The summed E-state index contributed by atoms with van der Waals surface area (Å²) in [7, 11) is 0. The Morgan fingerprint density at radius 1 is 1.48 bits per heavy atom. The molecule has 1 aliphatic rings. The predicted molar refractivity (Wildman–Crippen MR) is 78.6 cm³/mol. The average molecular weight is 328 g/mol. The lowest BCUT2D eigenvalue weighted by molar-refractivity contribution is -0.117. The number of carbonyl (C=O) groups excluding carboxylic acids is 2. The highest BCUT2D eigenvalue weighted by atomic mass is 32.2. The lowest BCUT2D eigenvalue weighted by atomic mass is 10.3. The van der Waals surface area contributed by atoms with Crippen LogP contribution in [0.1, 0.15) is 13.3 Å². The Morgan fingerprint density at radius 2 is 2.24 bits per heavy atom. The maximum absolute atomic E-state index is 13.6. The van der Waals surface area contributed by atoms with Gasteiger partial charge in [0.15, 0.2) is 16.1 Å². The van der Waals surface area contributed by atoms with Crippen LogP contribution in [0.2, 0.25) is 0 Å². The van der Waals surface area contributed by atoms with Crippen LogP contribution in [-0.2, 0) is 9.59 Å². The molecule has 110 valence electrons. The van der Waals surface area contributed by atoms with Gasteiger partial charge in [0.2, 0.25) is 5.91 Å². The smallest absolute Gasteiger partial charge is 0.230 e. The van der Waals surface area contributed by atoms with E-state index >= 15 is 0 Å². The molecule has 0 spiro atoms. The van der Waals surface area contributed by atoms with Gasteiger partial charge in [-0.3, -0.25) is 14.5 Å². The zero-order valence-corrected chi connectivity index (χ0v) is 12.6. The third kappa shape index (κ3) is 2.77. The van der Waals surface area contributed by atoms with Crippen molar-refractivity contribution in [2.75, 3.05) is 11.4 Å². The second-order valence-electron chi connectivity index (χ2n) is 4.67. The molecule has 1 aliphatic heterocycles. The maximum Gasteiger partial charge on any atom is 0.230 e. The number of amides is 1. The van der Waals surface area contributed by atoms with Gasteiger partial charge in [-0.1, -0.05) is 23.1 Å². The van der Waals surface area contributed by atoms with Crippen LogP contribution in [0.3, 0.4) is 0 Å². The first-order valence-corrected chi connectivity index (χ1v) is 7.87. The number of carbonyl (C=O) groups is 2. The summed E-state index contributed by atoms with van der Waals surface area (Å²) >= 11 is 2.19. The summed E-state index contributed by atoms with van der Waals surface area (Å²) in [6.07, 6.45) is 0.247. The summed E-state index contributed by atoms with van der Waals surface area (Å²) in [5, 5.41) is 0.168. The Labute approximate surface area is 127 Å². The van der Waals surface area contributed by atoms with E-state index in [1.54, 1.807) is 0 Å². The molecule has 1 aromatic carbocycles. The Kier molecular flexibility index (Phi) is 3.66. The van der Waals surface area contributed by atoms with Gasteiger partial charge in [-0.15, -0.1) is 0 Å². The quantitative estimate of drug-likeness (QED) is 0.850. The number of benzene rings is 1. The molecule has 1 saturated heterocycles. The van der Waals surface area contributed by atoms with Crippen molar-refractivity contribution in [2.45, 2.75) is 18.6 Å². The van der Waals surface area contributed by atoms with Crippen molar-refractivity contribution < 1.29 is 18.4 Å². The van der Waals surface area contributed by atoms with Gasteiger partial charge in [0, 0.05) is 31.2 Å². The van der Waals surface area contributed by atoms with E-state index in [9.17, 15) is 18.4 Å². The molecule has 3 rings (SSSR count). The van der Waals surface area contributed by atoms with Gasteiger partial charge in [-0.25, -0.2) is 13.8 Å². The van der Waals surface area contributed by atoms with Crippen LogP contribution in [0.25, 0.3) is 10.2 Å². The highest BCUT2D eigenvalue weighted by Gasteiger charge is 2.33. The van der Waals surface area contributed by atoms with E-state index in [0.29, 0.717) is 16.4 Å². The van der Waals surface area contributed by atoms with E-state index < -0.39 is 11.6 Å². The number of aromatic nitrogens is 1. The summed E-state index contributed by atoms with van der Waals surface area (Å²) in [6.45, 7) is 1.81. The SMILES string of the molecule is CC(=O)SC1CC(=O)N(c2nc3c(F)cc(F)cc3s2)C1. The van der Waals surface area contributed by atoms with Crippen molar-refractivity contribution in [3.63, 3.8) is 0 Å². The molecule has 1 amide bonds. The summed E-state index contributed by atoms with van der Waals surface area (Å²) in [6, 6.07) is 1.97. The normalized spacial score (nSPS) is 18.7. The van der Waals surface area contributed by atoms with E-state index in [1.807, 2.05) is 0 Å². The highest BCUT2D eigenvalue weighted by molar-refractivity contribution is 8.14. The Balaban J connectivity index is 1.92. The number of nitrogens with zero attached hydrogens (tertiary/aromatic N) is 2. The topological polar surface area (TPSA) is 50.3 Å². The zero-order valence-electron chi connectivity index (χ0n) is 10.9. The lowest BCUT2D eigenvalue weighted by Crippen LogP contribution is -2.24. The average Bonchev–Trinajstić information content (AvgIpc) is 2.92. The number of rotatable bonds is 2. The fourth-order valence-electron chi connectivity index (χ4n) is 2.23. The second kappa shape index (κ2) is 5.34. The third-order valence-corrected chi connectivity index (χ3v) is 5.06. The zero-order chi connectivity index (χ0) is 15.1. The molecule has 1 fully saturated rings. The molecule has 8 heteroatoms. The van der Waals surface area contributed by atoms with E-state index in [1.165, 1.54) is 17.9 Å². The van der Waals surface area contributed by atoms with Crippen molar-refractivity contribution in [1.29, 1.82) is 0 Å². The van der Waals surface area contributed by atoms with Gasteiger partial charge >= 0.3 is 0 Å². The number of hydrogen-bond donors (Lipinski definition) is 0. The highest BCUT2D eigenvalue weighted by Crippen LogP contribution is 2.35. The first-order chi connectivity index (χ1) is 9.94. The standard InChI is InChI=1S/C13H10F2N2O2S2/c1-6(18)20-8-4-11(19)17(5-8)13-16-12-9(15)2-7(14)3-10(12)21-13/h2-3,8H,4-5H2,1H3. The van der Waals surface area contributed by atoms with Crippen LogP contribution in [0.5, 0.6) is 0 Å². The number of anilines is 1. The molecule has 4 nitrogen and oxygen atoms in total. The van der Waals surface area contributed by atoms with Crippen LogP contribution in [0.4, 0.5) is 13.9 Å². The van der Waals surface area contributed by atoms with Crippen LogP contribution in [0.15, 0.2) is 12.1 Å². The summed E-state index contributed by atoms with van der Waals surface area (Å²) in [5.74, 6) is -1.57. The summed E-state index contributed by atoms with van der Waals surface area (Å²) < 4.78 is 27.2. The maximum atomic E-state index is 13.6. The van der Waals surface area contributed by atoms with Crippen molar-refractivity contribution in [3.8, 4) is 0 Å². The fourth-order valence-corrected chi connectivity index (χ4v) is 4.18. The monoisotopic (exact) mass is 328 g/mol. The van der Waals surface area contributed by atoms with E-state index in [0.717, 1.165) is 29.2 Å². The first-order valence-electron chi connectivity index (χ1n) is 6.17. The minimum Gasteiger partial charge on any atom is -0.288 e. The van der Waals surface area contributed by atoms with Crippen LogP contribution in [-0.4, -0.2) is 27.8 Å². The van der Waals surface area contributed by atoms with Gasteiger partial charge in [-0.2, -0.15) is 0 Å². The molecule has 1 unspecified atom stereocenters. The summed E-state index contributed by atoms with van der Waals surface area (Å²) in [4.78, 5) is 28.6. The van der Waals surface area contributed by atoms with Crippen LogP contribution in [0, 0.1) is 11.6 Å². The molecule has 2 aromatic rings. The Morgan fingerprint density at radius 3 is 2.95 bits per heavy atom. The van der Waals surface area contributed by atoms with Crippen LogP contribution >= 0.6 is 23.1 Å². The number of hydrogen-bond acceptors (Lipinski definition) is 5. The van der Waals surface area contributed by atoms with Gasteiger partial charge in [0.1, 0.15) is 11.3 Å². The largest absolute Gasteiger partial charge is 0.288 e. The van der Waals surface area contributed by atoms with E-state index in [4.69, 9.17) is 0 Å². The molecular formula is C13H10F2N2O2S2. The van der Waals surface area contributed by atoms with Gasteiger partial charge in [0.05, 0.1) is 4.70 Å². The molecular weight excluding hydrogens is 318 g/mol. The molecule has 21 heavy (non-hydrogen) atoms. The minimum atomic E-state index is -0.742. The Hall–Kier alpha value is -1.54. The molecule has 1 aromatic heterocycles. The molecule has 0 radical (unpaired) electrons. The van der Waals surface area contributed by atoms with E-state index in [-0.39, 0.29) is 28.2 Å². The second-order valence-corrected chi connectivity index (χ2v) is 7.16. The molecule has 2 heterocycles. The number of fused-ring (bicyclic) bond motifs is 1. The molecule has 0 aliphatic carbocycles. The Bertz CT molecular complexity index is 747. The van der Waals surface area contributed by atoms with Gasteiger partial charge in [-0.05, 0) is 6.07 Å². The number of thioether (sulfide) groups is 1. The van der Waals surface area contributed by atoms with Crippen molar-refractivity contribution in [1.82, 2.24) is 4.98 Å². The predicted octanol–water partition coefficient (Wildman–Crippen LogP) is 2.96. The molecule has 0 saturated carbocycles. The van der Waals surface area contributed by atoms with E-state index in [2.05, 4.69) is 4.98 Å². The third-order valence-electron chi connectivity index (χ3n) is 3.05. The lowest BCUT2D eigenvalue weighted by Gasteiger charge is -2.11. The summed E-state index contributed by atoms with van der Waals surface area (Å²) in [5.41, 5.74) is 0.0619. The molecule has 1 atom stereocenters. The fraction of sp³-hybridized carbons (Fsp3) is 0.308. The van der Waals surface area contributed by atoms with Crippen molar-refractivity contribution in [2.24, 2.45) is 0 Å². The first kappa shape index (κ1) is 14.4. The van der Waals surface area contributed by atoms with Gasteiger partial charge < -0.3 is 0 Å². The van der Waals surface area contributed by atoms with Gasteiger partial charge in [0.25, 0.3) is 0 Å². The van der Waals surface area contributed by atoms with Crippen LogP contribution < -0.4 is 4.90 Å². The van der Waals surface area contributed by atoms with Crippen molar-refractivity contribution >= 4 is 49.5 Å². The minimum absolute atomic E-state index is 0.0490. The molecule has 0 bridgehead atoms. The number of halogens is 2. The molecule has 0 N–H and O–H groups in total.